The van der Waals surface area contributed by atoms with Gasteiger partial charge in [0.05, 0.1) is 11.1 Å². The number of rotatable bonds is 4. The number of aldehydes is 1. The largest absolute Gasteiger partial charge is 0.507 e. The van der Waals surface area contributed by atoms with Gasteiger partial charge < -0.3 is 14.6 Å². The van der Waals surface area contributed by atoms with Gasteiger partial charge in [0.2, 0.25) is 5.12 Å². The quantitative estimate of drug-likeness (QED) is 0.307. The molecule has 0 saturated carbocycles. The number of nitrogens with zero attached hydrogens (tertiary/aromatic N) is 1. The van der Waals surface area contributed by atoms with E-state index in [4.69, 9.17) is 9.53 Å². The Morgan fingerprint density at radius 3 is 2.32 bits per heavy atom. The normalized spacial score (nSPS) is 9.61. The molecule has 142 valence electrons. The predicted octanol–water partition coefficient (Wildman–Crippen LogP) is 4.14. The number of hydrogen-bond donors (Lipinski definition) is 1. The van der Waals surface area contributed by atoms with E-state index in [1.807, 2.05) is 0 Å². The minimum atomic E-state index is -0.501. The maximum absolute atomic E-state index is 12.2. The molecule has 0 bridgehead atoms. The summed E-state index contributed by atoms with van der Waals surface area (Å²) in [6, 6.07) is 16.2. The number of thioether (sulfide) groups is 1. The topological polar surface area (TPSA) is 93.6 Å². The SMILES string of the molecule is CC=O.O=C(Oc1ccc(SC(=O)c2ccccc2O)cc1)c1cccnc1. The van der Waals surface area contributed by atoms with Gasteiger partial charge in [0.25, 0.3) is 0 Å². The standard InChI is InChI=1S/C19H13NO4S.C2H4O/c21-17-6-2-1-5-16(17)19(23)25-15-9-7-14(8-10-15)24-18(22)13-4-3-11-20-12-13;1-2-3/h1-12,21H;2H,1H3. The molecule has 1 heterocycles. The molecule has 0 radical (unpaired) electrons. The Hall–Kier alpha value is -3.45. The molecule has 7 heteroatoms. The highest BCUT2D eigenvalue weighted by Crippen LogP contribution is 2.28. The van der Waals surface area contributed by atoms with Gasteiger partial charge in [-0.05, 0) is 67.2 Å². The molecule has 0 unspecified atom stereocenters. The van der Waals surface area contributed by atoms with Crippen molar-refractivity contribution < 1.29 is 24.2 Å². The van der Waals surface area contributed by atoms with Crippen molar-refractivity contribution in [2.45, 2.75) is 11.8 Å². The van der Waals surface area contributed by atoms with Crippen molar-refractivity contribution in [2.24, 2.45) is 0 Å². The first-order chi connectivity index (χ1) is 13.5. The molecular weight excluding hydrogens is 378 g/mol. The third-order valence-electron chi connectivity index (χ3n) is 3.27. The minimum Gasteiger partial charge on any atom is -0.507 e. The van der Waals surface area contributed by atoms with Crippen molar-refractivity contribution in [1.29, 1.82) is 0 Å². The number of aromatic nitrogens is 1. The highest BCUT2D eigenvalue weighted by molar-refractivity contribution is 8.14. The van der Waals surface area contributed by atoms with Gasteiger partial charge in [-0.25, -0.2) is 4.79 Å². The van der Waals surface area contributed by atoms with Crippen molar-refractivity contribution in [1.82, 2.24) is 4.98 Å². The Balaban J connectivity index is 0.000000878. The molecule has 0 saturated heterocycles. The van der Waals surface area contributed by atoms with Gasteiger partial charge >= 0.3 is 5.97 Å². The van der Waals surface area contributed by atoms with Gasteiger partial charge in [0.15, 0.2) is 0 Å². The lowest BCUT2D eigenvalue weighted by Crippen LogP contribution is -2.08. The van der Waals surface area contributed by atoms with Gasteiger partial charge in [-0.3, -0.25) is 9.78 Å². The average molecular weight is 395 g/mol. The molecule has 0 aliphatic rings. The molecule has 0 aliphatic carbocycles. The molecule has 1 N–H and O–H groups in total. The molecule has 0 fully saturated rings. The Bertz CT molecular complexity index is 943. The Labute approximate surface area is 166 Å². The van der Waals surface area contributed by atoms with Gasteiger partial charge in [-0.2, -0.15) is 0 Å². The van der Waals surface area contributed by atoms with Crippen LogP contribution in [0.25, 0.3) is 0 Å². The molecule has 0 atom stereocenters. The van der Waals surface area contributed by atoms with E-state index in [1.54, 1.807) is 60.8 Å². The number of aromatic hydroxyl groups is 1. The predicted molar refractivity (Wildman–Crippen MR) is 106 cm³/mol. The lowest BCUT2D eigenvalue weighted by atomic mass is 10.2. The fourth-order valence-corrected chi connectivity index (χ4v) is 2.80. The van der Waals surface area contributed by atoms with Crippen molar-refractivity contribution in [2.75, 3.05) is 0 Å². The lowest BCUT2D eigenvalue weighted by Gasteiger charge is -2.06. The zero-order valence-electron chi connectivity index (χ0n) is 14.9. The summed E-state index contributed by atoms with van der Waals surface area (Å²) in [5.74, 6) is -0.186. The number of carbonyl (C=O) groups is 3. The summed E-state index contributed by atoms with van der Waals surface area (Å²) >= 11 is 0.985. The Morgan fingerprint density at radius 2 is 1.71 bits per heavy atom. The van der Waals surface area contributed by atoms with Crippen LogP contribution < -0.4 is 4.74 Å². The number of esters is 1. The van der Waals surface area contributed by atoms with Crippen LogP contribution in [0.15, 0.2) is 78.0 Å². The van der Waals surface area contributed by atoms with Crippen LogP contribution in [0.3, 0.4) is 0 Å². The third kappa shape index (κ3) is 6.07. The van der Waals surface area contributed by atoms with Gasteiger partial charge in [-0.1, -0.05) is 12.1 Å². The fourth-order valence-electron chi connectivity index (χ4n) is 2.03. The van der Waals surface area contributed by atoms with Crippen LogP contribution in [0, 0.1) is 0 Å². The van der Waals surface area contributed by atoms with E-state index in [0.717, 1.165) is 18.0 Å². The van der Waals surface area contributed by atoms with Crippen molar-refractivity contribution in [3.63, 3.8) is 0 Å². The van der Waals surface area contributed by atoms with E-state index in [1.165, 1.54) is 19.2 Å². The first-order valence-electron chi connectivity index (χ1n) is 8.17. The van der Waals surface area contributed by atoms with Gasteiger partial charge in [0.1, 0.15) is 17.8 Å². The molecule has 0 aliphatic heterocycles. The summed E-state index contributed by atoms with van der Waals surface area (Å²) in [6.07, 6.45) is 3.75. The number of phenolic OH excluding ortho intramolecular Hbond substituents is 1. The summed E-state index contributed by atoms with van der Waals surface area (Å²) in [5, 5.41) is 9.45. The highest BCUT2D eigenvalue weighted by atomic mass is 32.2. The zero-order chi connectivity index (χ0) is 20.4. The van der Waals surface area contributed by atoms with Gasteiger partial charge in [0, 0.05) is 17.3 Å². The molecule has 2 aromatic carbocycles. The van der Waals surface area contributed by atoms with E-state index in [-0.39, 0.29) is 16.4 Å². The van der Waals surface area contributed by atoms with Crippen LogP contribution in [-0.4, -0.2) is 27.5 Å². The number of pyridine rings is 1. The van der Waals surface area contributed by atoms with Crippen molar-refractivity contribution in [3.8, 4) is 11.5 Å². The molecule has 28 heavy (non-hydrogen) atoms. The van der Waals surface area contributed by atoms with E-state index >= 15 is 0 Å². The number of phenols is 1. The van der Waals surface area contributed by atoms with Gasteiger partial charge in [-0.15, -0.1) is 0 Å². The molecule has 3 rings (SSSR count). The van der Waals surface area contributed by atoms with E-state index < -0.39 is 5.97 Å². The van der Waals surface area contributed by atoms with E-state index in [9.17, 15) is 14.7 Å². The molecule has 0 spiro atoms. The van der Waals surface area contributed by atoms with Crippen LogP contribution in [0.1, 0.15) is 27.6 Å². The summed E-state index contributed by atoms with van der Waals surface area (Å²) in [4.78, 5) is 37.5. The lowest BCUT2D eigenvalue weighted by molar-refractivity contribution is -0.106. The second-order valence-electron chi connectivity index (χ2n) is 5.24. The van der Waals surface area contributed by atoms with Crippen LogP contribution in [0.5, 0.6) is 11.5 Å². The minimum absolute atomic E-state index is 0.0537. The smallest absolute Gasteiger partial charge is 0.345 e. The van der Waals surface area contributed by atoms with Crippen LogP contribution in [-0.2, 0) is 4.79 Å². The number of benzene rings is 2. The zero-order valence-corrected chi connectivity index (χ0v) is 15.8. The fraction of sp³-hybridized carbons (Fsp3) is 0.0476. The van der Waals surface area contributed by atoms with Crippen molar-refractivity contribution >= 4 is 29.1 Å². The molecule has 1 aromatic heterocycles. The third-order valence-corrected chi connectivity index (χ3v) is 4.18. The maximum atomic E-state index is 12.2. The Kier molecular flexibility index (Phi) is 7.92. The van der Waals surface area contributed by atoms with E-state index in [0.29, 0.717) is 16.2 Å². The molecule has 3 aromatic rings. The van der Waals surface area contributed by atoms with E-state index in [2.05, 4.69) is 4.98 Å². The maximum Gasteiger partial charge on any atom is 0.345 e. The highest BCUT2D eigenvalue weighted by Gasteiger charge is 2.13. The summed E-state index contributed by atoms with van der Waals surface area (Å²) < 4.78 is 5.25. The monoisotopic (exact) mass is 395 g/mol. The number of carbonyl (C=O) groups excluding carboxylic acids is 3. The second-order valence-corrected chi connectivity index (χ2v) is 6.29. The number of para-hydroxylation sites is 1. The first kappa shape index (κ1) is 20.9. The van der Waals surface area contributed by atoms with Crippen LogP contribution in [0.4, 0.5) is 0 Å². The molecular formula is C21H17NO5S. The summed E-state index contributed by atoms with van der Waals surface area (Å²) in [6.45, 7) is 1.44. The van der Waals surface area contributed by atoms with Crippen molar-refractivity contribution in [3.05, 3.63) is 84.2 Å². The van der Waals surface area contributed by atoms with Crippen LogP contribution >= 0.6 is 11.8 Å². The molecule has 0 amide bonds. The summed E-state index contributed by atoms with van der Waals surface area (Å²) in [5.41, 5.74) is 0.607. The average Bonchev–Trinajstić information content (AvgIpc) is 2.71. The first-order valence-corrected chi connectivity index (χ1v) is 8.99. The number of hydrogen-bond acceptors (Lipinski definition) is 7. The Morgan fingerprint density at radius 1 is 1.04 bits per heavy atom. The number of ether oxygens (including phenoxy) is 1. The summed E-state index contributed by atoms with van der Waals surface area (Å²) in [7, 11) is 0. The second kappa shape index (κ2) is 10.6. The van der Waals surface area contributed by atoms with Crippen LogP contribution in [0.2, 0.25) is 0 Å². The molecule has 6 nitrogen and oxygen atoms in total.